The van der Waals surface area contributed by atoms with Crippen LogP contribution in [-0.4, -0.2) is 47.0 Å². The first kappa shape index (κ1) is 21.3. The molecule has 2 saturated carbocycles. The molecule has 0 radical (unpaired) electrons. The number of rotatable bonds is 4. The molecule has 2 aliphatic rings. The Kier molecular flexibility index (Phi) is 4.62. The third kappa shape index (κ3) is 3.67. The molecule has 0 aromatic carbocycles. The van der Waals surface area contributed by atoms with Crippen LogP contribution < -0.4 is 5.32 Å². The summed E-state index contributed by atoms with van der Waals surface area (Å²) in [5.41, 5.74) is 3.66. The van der Waals surface area contributed by atoms with Crippen LogP contribution in [0.3, 0.4) is 0 Å². The smallest absolute Gasteiger partial charge is 0.252 e. The molecule has 0 unspecified atom stereocenters. The zero-order valence-electron chi connectivity index (χ0n) is 18.5. The number of nitrogens with zero attached hydrogens (tertiary/aromatic N) is 6. The van der Waals surface area contributed by atoms with Gasteiger partial charge in [0.2, 0.25) is 11.9 Å². The monoisotopic (exact) mass is 473 g/mol. The molecule has 7 nitrogen and oxygen atoms in total. The highest BCUT2D eigenvalue weighted by atomic mass is 19.3. The largest absolute Gasteiger partial charge is 0.350 e. The van der Waals surface area contributed by atoms with Gasteiger partial charge in [0.1, 0.15) is 5.82 Å². The number of aryl methyl sites for hydroxylation is 1. The van der Waals surface area contributed by atoms with Gasteiger partial charge in [-0.05, 0) is 31.9 Å². The fourth-order valence-electron chi connectivity index (χ4n) is 5.09. The van der Waals surface area contributed by atoms with Crippen LogP contribution in [0.15, 0.2) is 30.7 Å². The summed E-state index contributed by atoms with van der Waals surface area (Å²) in [6, 6.07) is 3.44. The predicted molar refractivity (Wildman–Crippen MR) is 118 cm³/mol. The summed E-state index contributed by atoms with van der Waals surface area (Å²) in [5, 5.41) is 7.65. The van der Waals surface area contributed by atoms with Crippen molar-refractivity contribution in [3.8, 4) is 11.1 Å². The second-order valence-corrected chi connectivity index (χ2v) is 9.43. The molecule has 0 atom stereocenters. The summed E-state index contributed by atoms with van der Waals surface area (Å²) < 4.78 is 57.4. The molecule has 4 heterocycles. The van der Waals surface area contributed by atoms with Crippen LogP contribution in [0, 0.1) is 6.92 Å². The Morgan fingerprint density at radius 2 is 1.76 bits per heavy atom. The van der Waals surface area contributed by atoms with E-state index in [4.69, 9.17) is 0 Å². The zero-order chi connectivity index (χ0) is 23.7. The molecule has 1 N–H and O–H groups in total. The first-order valence-electron chi connectivity index (χ1n) is 11.4. The van der Waals surface area contributed by atoms with Crippen LogP contribution >= 0.6 is 0 Å². The van der Waals surface area contributed by atoms with E-state index in [1.807, 2.05) is 16.7 Å². The summed E-state index contributed by atoms with van der Waals surface area (Å²) >= 11 is 0. The van der Waals surface area contributed by atoms with Crippen molar-refractivity contribution < 1.29 is 17.6 Å². The Bertz CT molecular complexity index is 1370. The first-order chi connectivity index (χ1) is 16.2. The number of nitrogens with one attached hydrogen (secondary N) is 1. The van der Waals surface area contributed by atoms with Crippen molar-refractivity contribution >= 4 is 22.6 Å². The highest BCUT2D eigenvalue weighted by Gasteiger charge is 2.47. The van der Waals surface area contributed by atoms with Crippen molar-refractivity contribution in [2.45, 2.75) is 69.4 Å². The van der Waals surface area contributed by atoms with E-state index in [0.29, 0.717) is 30.3 Å². The fraction of sp³-hybridized carbons (Fsp3) is 0.478. The maximum absolute atomic E-state index is 13.5. The Morgan fingerprint density at radius 3 is 2.50 bits per heavy atom. The van der Waals surface area contributed by atoms with Gasteiger partial charge in [-0.3, -0.25) is 0 Å². The van der Waals surface area contributed by atoms with E-state index >= 15 is 0 Å². The fourth-order valence-corrected chi connectivity index (χ4v) is 5.09. The number of halogens is 4. The minimum atomic E-state index is -2.63. The van der Waals surface area contributed by atoms with Gasteiger partial charge in [-0.15, -0.1) is 5.10 Å². The predicted octanol–water partition coefficient (Wildman–Crippen LogP) is 5.41. The molecule has 0 aliphatic heterocycles. The van der Waals surface area contributed by atoms with Crippen molar-refractivity contribution in [1.82, 2.24) is 29.1 Å². The molecular weight excluding hydrogens is 450 g/mol. The van der Waals surface area contributed by atoms with Gasteiger partial charge in [-0.1, -0.05) is 0 Å². The maximum Gasteiger partial charge on any atom is 0.252 e. The third-order valence-electron chi connectivity index (χ3n) is 6.93. The number of pyridine rings is 1. The van der Waals surface area contributed by atoms with E-state index in [-0.39, 0.29) is 37.8 Å². The molecule has 6 rings (SSSR count). The Morgan fingerprint density at radius 1 is 1.00 bits per heavy atom. The molecule has 178 valence electrons. The summed E-state index contributed by atoms with van der Waals surface area (Å²) in [6.07, 6.45) is 5.27. The highest BCUT2D eigenvalue weighted by Crippen LogP contribution is 2.47. The van der Waals surface area contributed by atoms with Crippen molar-refractivity contribution in [1.29, 1.82) is 0 Å². The lowest BCUT2D eigenvalue weighted by molar-refractivity contribution is -0.103. The molecule has 0 bridgehead atoms. The van der Waals surface area contributed by atoms with E-state index in [1.54, 1.807) is 30.0 Å². The molecule has 2 fully saturated rings. The van der Waals surface area contributed by atoms with Crippen LogP contribution in [0.4, 0.5) is 23.5 Å². The molecule has 34 heavy (non-hydrogen) atoms. The lowest BCUT2D eigenvalue weighted by Gasteiger charge is -2.36. The SMILES string of the molecule is Cc1nc2ncc(-c3ccn4nc(NC5CCC(F)(F)CC5)ncc34)cc2n1C1CC(F)(F)C1. The van der Waals surface area contributed by atoms with E-state index in [1.165, 1.54) is 0 Å². The van der Waals surface area contributed by atoms with Gasteiger partial charge in [-0.25, -0.2) is 37.0 Å². The normalized spacial score (nSPS) is 20.6. The average Bonchev–Trinajstić information content (AvgIpc) is 3.32. The Labute approximate surface area is 192 Å². The number of fused-ring (bicyclic) bond motifs is 2. The van der Waals surface area contributed by atoms with Crippen molar-refractivity contribution in [3.05, 3.63) is 36.5 Å². The van der Waals surface area contributed by atoms with Gasteiger partial charge in [-0.2, -0.15) is 0 Å². The second-order valence-electron chi connectivity index (χ2n) is 9.43. The quantitative estimate of drug-likeness (QED) is 0.401. The Balaban J connectivity index is 1.29. The topological polar surface area (TPSA) is 72.9 Å². The molecule has 2 aliphatic carbocycles. The minimum absolute atomic E-state index is 0.0823. The number of anilines is 1. The molecule has 11 heteroatoms. The number of aromatic nitrogens is 6. The minimum Gasteiger partial charge on any atom is -0.350 e. The van der Waals surface area contributed by atoms with Crippen LogP contribution in [0.25, 0.3) is 27.8 Å². The summed E-state index contributed by atoms with van der Waals surface area (Å²) in [5.74, 6) is -4.15. The molecular formula is C23H23F4N7. The van der Waals surface area contributed by atoms with Crippen LogP contribution in [0.2, 0.25) is 0 Å². The second kappa shape index (κ2) is 7.38. The van der Waals surface area contributed by atoms with Crippen molar-refractivity contribution in [3.63, 3.8) is 0 Å². The first-order valence-corrected chi connectivity index (χ1v) is 11.4. The molecule has 4 aromatic rings. The zero-order valence-corrected chi connectivity index (χ0v) is 18.5. The van der Waals surface area contributed by atoms with Crippen LogP contribution in [-0.2, 0) is 0 Å². The van der Waals surface area contributed by atoms with Gasteiger partial charge < -0.3 is 9.88 Å². The average molecular weight is 473 g/mol. The molecule has 0 amide bonds. The third-order valence-corrected chi connectivity index (χ3v) is 6.93. The van der Waals surface area contributed by atoms with Crippen molar-refractivity contribution in [2.24, 2.45) is 0 Å². The van der Waals surface area contributed by atoms with Crippen molar-refractivity contribution in [2.75, 3.05) is 5.32 Å². The molecule has 4 aromatic heterocycles. The van der Waals surface area contributed by atoms with Gasteiger partial charge in [0, 0.05) is 61.3 Å². The highest BCUT2D eigenvalue weighted by molar-refractivity contribution is 5.85. The van der Waals surface area contributed by atoms with Gasteiger partial charge in [0.15, 0.2) is 5.65 Å². The standard InChI is InChI=1S/C23H23F4N7/c1-13-30-20-18(34(13)16-9-23(26,27)10-16)8-14(11-28-20)17-4-7-33-19(17)12-29-21(32-33)31-15-2-5-22(24,25)6-3-15/h4,7-8,11-12,15-16H,2-3,5-6,9-10H2,1H3,(H,31,32). The van der Waals surface area contributed by atoms with Gasteiger partial charge in [0.05, 0.1) is 17.2 Å². The maximum atomic E-state index is 13.5. The summed E-state index contributed by atoms with van der Waals surface area (Å²) in [6.45, 7) is 1.81. The molecule has 0 spiro atoms. The summed E-state index contributed by atoms with van der Waals surface area (Å²) in [4.78, 5) is 13.3. The Hall–Kier alpha value is -3.24. The number of imidazole rings is 1. The van der Waals surface area contributed by atoms with E-state index in [2.05, 4.69) is 25.4 Å². The summed E-state index contributed by atoms with van der Waals surface area (Å²) in [7, 11) is 0. The van der Waals surface area contributed by atoms with Gasteiger partial charge in [0.25, 0.3) is 5.92 Å². The number of hydrogen-bond acceptors (Lipinski definition) is 5. The van der Waals surface area contributed by atoms with Crippen LogP contribution in [0.1, 0.15) is 50.4 Å². The number of hydrogen-bond donors (Lipinski definition) is 1. The van der Waals surface area contributed by atoms with E-state index in [0.717, 1.165) is 22.2 Å². The van der Waals surface area contributed by atoms with Crippen LogP contribution in [0.5, 0.6) is 0 Å². The molecule has 0 saturated heterocycles. The van der Waals surface area contributed by atoms with E-state index in [9.17, 15) is 17.6 Å². The van der Waals surface area contributed by atoms with E-state index < -0.39 is 11.8 Å². The van der Waals surface area contributed by atoms with Gasteiger partial charge >= 0.3 is 0 Å². The lowest BCUT2D eigenvalue weighted by Crippen LogP contribution is -2.37. The lowest BCUT2D eigenvalue weighted by atomic mass is 9.87. The number of alkyl halides is 4.